The summed E-state index contributed by atoms with van der Waals surface area (Å²) in [5.41, 5.74) is 0. The highest BCUT2D eigenvalue weighted by molar-refractivity contribution is 5.75. The smallest absolute Gasteiger partial charge is 0.322 e. The molecule has 0 spiro atoms. The molecule has 2 fully saturated rings. The minimum Gasteiger partial charge on any atom is -0.468 e. The fraction of sp³-hybridized carbons (Fsp3) is 0.929. The van der Waals surface area contributed by atoms with Crippen LogP contribution < -0.4 is 0 Å². The third-order valence-electron chi connectivity index (χ3n) is 4.53. The Morgan fingerprint density at radius 2 is 1.72 bits per heavy atom. The van der Waals surface area contributed by atoms with Gasteiger partial charge in [0.05, 0.1) is 7.11 Å². The molecule has 1 saturated heterocycles. The summed E-state index contributed by atoms with van der Waals surface area (Å²) < 4.78 is 4.81. The van der Waals surface area contributed by atoms with Gasteiger partial charge in [0.15, 0.2) is 0 Å². The number of carbonyl (C=O) groups is 1. The number of carbonyl (C=O) groups excluding carboxylic acids is 1. The van der Waals surface area contributed by atoms with Gasteiger partial charge in [-0.05, 0) is 19.8 Å². The largest absolute Gasteiger partial charge is 0.468 e. The van der Waals surface area contributed by atoms with Crippen LogP contribution in [0.3, 0.4) is 0 Å². The lowest BCUT2D eigenvalue weighted by Gasteiger charge is -2.42. The van der Waals surface area contributed by atoms with Crippen LogP contribution in [0.2, 0.25) is 0 Å². The summed E-state index contributed by atoms with van der Waals surface area (Å²) in [5.74, 6) is -0.110. The Bertz CT molecular complexity index is 269. The van der Waals surface area contributed by atoms with Gasteiger partial charge in [0, 0.05) is 32.2 Å². The zero-order valence-corrected chi connectivity index (χ0v) is 11.7. The summed E-state index contributed by atoms with van der Waals surface area (Å²) >= 11 is 0. The van der Waals surface area contributed by atoms with Gasteiger partial charge in [-0.1, -0.05) is 19.3 Å². The Labute approximate surface area is 110 Å². The van der Waals surface area contributed by atoms with E-state index in [4.69, 9.17) is 4.74 Å². The summed E-state index contributed by atoms with van der Waals surface area (Å²) in [4.78, 5) is 16.4. The molecule has 4 heteroatoms. The fourth-order valence-corrected chi connectivity index (χ4v) is 3.26. The van der Waals surface area contributed by atoms with Crippen molar-refractivity contribution in [2.24, 2.45) is 0 Å². The standard InChI is InChI=1S/C14H26N2O2/c1-12(14(17)18-2)15-8-10-16(11-9-15)13-6-4-3-5-7-13/h12-13H,3-11H2,1-2H3/t12-/m1/s1. The first kappa shape index (κ1) is 13.8. The van der Waals surface area contributed by atoms with E-state index >= 15 is 0 Å². The minimum atomic E-state index is -0.110. The highest BCUT2D eigenvalue weighted by Gasteiger charge is 2.29. The van der Waals surface area contributed by atoms with Crippen molar-refractivity contribution < 1.29 is 9.53 Å². The van der Waals surface area contributed by atoms with Crippen molar-refractivity contribution >= 4 is 5.97 Å². The molecule has 0 amide bonds. The third-order valence-corrected chi connectivity index (χ3v) is 4.53. The van der Waals surface area contributed by atoms with Gasteiger partial charge in [0.2, 0.25) is 0 Å². The zero-order valence-electron chi connectivity index (χ0n) is 11.7. The van der Waals surface area contributed by atoms with Crippen molar-refractivity contribution in [3.63, 3.8) is 0 Å². The molecular weight excluding hydrogens is 228 g/mol. The van der Waals surface area contributed by atoms with Crippen molar-refractivity contribution in [1.29, 1.82) is 0 Å². The molecule has 2 aliphatic rings. The lowest BCUT2D eigenvalue weighted by atomic mass is 9.94. The van der Waals surface area contributed by atoms with Crippen molar-refractivity contribution in [3.8, 4) is 0 Å². The number of nitrogens with zero attached hydrogens (tertiary/aromatic N) is 2. The van der Waals surface area contributed by atoms with Crippen LogP contribution in [0.15, 0.2) is 0 Å². The van der Waals surface area contributed by atoms with Crippen molar-refractivity contribution in [3.05, 3.63) is 0 Å². The molecule has 1 aliphatic carbocycles. The van der Waals surface area contributed by atoms with Crippen LogP contribution in [0, 0.1) is 0 Å². The van der Waals surface area contributed by atoms with Crippen LogP contribution in [0.5, 0.6) is 0 Å². The van der Waals surface area contributed by atoms with Crippen molar-refractivity contribution in [2.75, 3.05) is 33.3 Å². The van der Waals surface area contributed by atoms with Gasteiger partial charge in [-0.3, -0.25) is 14.6 Å². The molecule has 4 nitrogen and oxygen atoms in total. The van der Waals surface area contributed by atoms with E-state index in [2.05, 4.69) is 9.80 Å². The van der Waals surface area contributed by atoms with Crippen LogP contribution >= 0.6 is 0 Å². The normalized spacial score (nSPS) is 25.9. The van der Waals surface area contributed by atoms with Crippen LogP contribution in [0.1, 0.15) is 39.0 Å². The highest BCUT2D eigenvalue weighted by Crippen LogP contribution is 2.23. The van der Waals surface area contributed by atoms with Gasteiger partial charge in [-0.15, -0.1) is 0 Å². The molecule has 0 bridgehead atoms. The number of ether oxygens (including phenoxy) is 1. The molecule has 18 heavy (non-hydrogen) atoms. The molecule has 1 atom stereocenters. The second-order valence-corrected chi connectivity index (χ2v) is 5.56. The van der Waals surface area contributed by atoms with Gasteiger partial charge in [-0.2, -0.15) is 0 Å². The maximum Gasteiger partial charge on any atom is 0.322 e. The number of piperazine rings is 1. The summed E-state index contributed by atoms with van der Waals surface area (Å²) in [5, 5.41) is 0. The van der Waals surface area contributed by atoms with Crippen LogP contribution in [-0.4, -0.2) is 61.1 Å². The fourth-order valence-electron chi connectivity index (χ4n) is 3.26. The monoisotopic (exact) mass is 254 g/mol. The lowest BCUT2D eigenvalue weighted by molar-refractivity contribution is -0.147. The Morgan fingerprint density at radius 3 is 2.28 bits per heavy atom. The molecule has 0 radical (unpaired) electrons. The highest BCUT2D eigenvalue weighted by atomic mass is 16.5. The molecule has 0 aromatic carbocycles. The molecule has 1 heterocycles. The number of hydrogen-bond acceptors (Lipinski definition) is 4. The second-order valence-electron chi connectivity index (χ2n) is 5.56. The van der Waals surface area contributed by atoms with Gasteiger partial charge >= 0.3 is 5.97 Å². The van der Waals surface area contributed by atoms with E-state index in [0.29, 0.717) is 0 Å². The molecule has 1 saturated carbocycles. The first-order chi connectivity index (χ1) is 8.72. The molecular formula is C14H26N2O2. The molecule has 104 valence electrons. The molecule has 0 N–H and O–H groups in total. The van der Waals surface area contributed by atoms with Gasteiger partial charge < -0.3 is 4.74 Å². The Morgan fingerprint density at radius 1 is 1.11 bits per heavy atom. The predicted octanol–water partition coefficient (Wildman–Crippen LogP) is 1.50. The van der Waals surface area contributed by atoms with Gasteiger partial charge in [0.1, 0.15) is 6.04 Å². The SMILES string of the molecule is COC(=O)[C@@H](C)N1CCN(C2CCCCC2)CC1. The van der Waals surface area contributed by atoms with E-state index in [-0.39, 0.29) is 12.0 Å². The predicted molar refractivity (Wildman–Crippen MR) is 71.5 cm³/mol. The first-order valence-corrected chi connectivity index (χ1v) is 7.28. The summed E-state index contributed by atoms with van der Waals surface area (Å²) in [6.45, 7) is 6.14. The topological polar surface area (TPSA) is 32.8 Å². The van der Waals surface area contributed by atoms with E-state index in [1.54, 1.807) is 0 Å². The number of methoxy groups -OCH3 is 1. The molecule has 0 unspecified atom stereocenters. The molecule has 1 aliphatic heterocycles. The maximum atomic E-state index is 11.5. The van der Waals surface area contributed by atoms with Crippen LogP contribution in [0.4, 0.5) is 0 Å². The maximum absolute atomic E-state index is 11.5. The minimum absolute atomic E-state index is 0.0940. The Hall–Kier alpha value is -0.610. The van der Waals surface area contributed by atoms with E-state index < -0.39 is 0 Å². The molecule has 0 aromatic heterocycles. The van der Waals surface area contributed by atoms with Gasteiger partial charge in [0.25, 0.3) is 0 Å². The number of rotatable bonds is 3. The number of esters is 1. The average Bonchev–Trinajstić information content (AvgIpc) is 2.47. The summed E-state index contributed by atoms with van der Waals surface area (Å²) in [6.07, 6.45) is 6.93. The van der Waals surface area contributed by atoms with Crippen LogP contribution in [0.25, 0.3) is 0 Å². The van der Waals surface area contributed by atoms with E-state index in [0.717, 1.165) is 32.2 Å². The quantitative estimate of drug-likeness (QED) is 0.715. The summed E-state index contributed by atoms with van der Waals surface area (Å²) in [6, 6.07) is 0.706. The summed E-state index contributed by atoms with van der Waals surface area (Å²) in [7, 11) is 1.47. The van der Waals surface area contributed by atoms with E-state index in [9.17, 15) is 4.79 Å². The second kappa shape index (κ2) is 6.53. The molecule has 0 aromatic rings. The van der Waals surface area contributed by atoms with E-state index in [1.807, 2.05) is 6.92 Å². The van der Waals surface area contributed by atoms with E-state index in [1.165, 1.54) is 39.2 Å². The van der Waals surface area contributed by atoms with Crippen molar-refractivity contribution in [2.45, 2.75) is 51.1 Å². The lowest BCUT2D eigenvalue weighted by Crippen LogP contribution is -2.54. The average molecular weight is 254 g/mol. The zero-order chi connectivity index (χ0) is 13.0. The Kier molecular flexibility index (Phi) is 5.01. The Balaban J connectivity index is 1.78. The van der Waals surface area contributed by atoms with Crippen LogP contribution in [-0.2, 0) is 9.53 Å². The molecule has 2 rings (SSSR count). The van der Waals surface area contributed by atoms with Crippen molar-refractivity contribution in [1.82, 2.24) is 9.80 Å². The third kappa shape index (κ3) is 3.23. The first-order valence-electron chi connectivity index (χ1n) is 7.28. The number of hydrogen-bond donors (Lipinski definition) is 0. The van der Waals surface area contributed by atoms with Gasteiger partial charge in [-0.25, -0.2) is 0 Å².